The molecular formula is C12H15ClFN. The second kappa shape index (κ2) is 4.50. The van der Waals surface area contributed by atoms with Gasteiger partial charge in [-0.05, 0) is 49.9 Å². The van der Waals surface area contributed by atoms with Gasteiger partial charge in [-0.1, -0.05) is 17.7 Å². The first-order valence-corrected chi connectivity index (χ1v) is 5.69. The first kappa shape index (κ1) is 10.9. The number of hydrogen-bond donors (Lipinski definition) is 1. The molecule has 0 amide bonds. The van der Waals surface area contributed by atoms with Crippen molar-refractivity contribution in [3.8, 4) is 0 Å². The second-order valence-corrected chi connectivity index (χ2v) is 4.59. The maximum atomic E-state index is 13.2. The summed E-state index contributed by atoms with van der Waals surface area (Å²) in [6.07, 6.45) is 3.47. The monoisotopic (exact) mass is 227 g/mol. The zero-order chi connectivity index (χ0) is 10.8. The third kappa shape index (κ3) is 2.70. The highest BCUT2D eigenvalue weighted by Crippen LogP contribution is 2.34. The molecular weight excluding hydrogens is 213 g/mol. The fourth-order valence-electron chi connectivity index (χ4n) is 1.92. The molecule has 0 spiro atoms. The van der Waals surface area contributed by atoms with Crippen molar-refractivity contribution in [3.05, 3.63) is 34.6 Å². The van der Waals surface area contributed by atoms with Gasteiger partial charge < -0.3 is 5.32 Å². The molecule has 1 N–H and O–H groups in total. The zero-order valence-electron chi connectivity index (χ0n) is 8.76. The van der Waals surface area contributed by atoms with Gasteiger partial charge in [0, 0.05) is 6.04 Å². The number of nitrogens with one attached hydrogen (secondary N) is 1. The Kier molecular flexibility index (Phi) is 3.27. The SMILES string of the molecule is CNC(Cc1ccc(Cl)c(F)c1)C1CC1. The molecule has 1 aliphatic carbocycles. The van der Waals surface area contributed by atoms with E-state index in [4.69, 9.17) is 11.6 Å². The Hall–Kier alpha value is -0.600. The highest BCUT2D eigenvalue weighted by molar-refractivity contribution is 6.30. The normalized spacial score (nSPS) is 17.8. The topological polar surface area (TPSA) is 12.0 Å². The number of rotatable bonds is 4. The summed E-state index contributed by atoms with van der Waals surface area (Å²) in [6.45, 7) is 0. The van der Waals surface area contributed by atoms with E-state index in [1.54, 1.807) is 6.07 Å². The molecule has 0 heterocycles. The summed E-state index contributed by atoms with van der Waals surface area (Å²) in [5.41, 5.74) is 1.02. The van der Waals surface area contributed by atoms with Crippen LogP contribution in [-0.2, 0) is 6.42 Å². The van der Waals surface area contributed by atoms with Crippen molar-refractivity contribution >= 4 is 11.6 Å². The molecule has 1 unspecified atom stereocenters. The van der Waals surface area contributed by atoms with Crippen molar-refractivity contribution in [1.82, 2.24) is 5.32 Å². The van der Waals surface area contributed by atoms with Crippen LogP contribution in [0.25, 0.3) is 0 Å². The maximum Gasteiger partial charge on any atom is 0.142 e. The molecule has 1 aromatic carbocycles. The summed E-state index contributed by atoms with van der Waals surface area (Å²) in [7, 11) is 1.97. The van der Waals surface area contributed by atoms with E-state index in [1.165, 1.54) is 18.9 Å². The average Bonchev–Trinajstić information content (AvgIpc) is 3.03. The molecule has 1 saturated carbocycles. The molecule has 0 radical (unpaired) electrons. The highest BCUT2D eigenvalue weighted by atomic mass is 35.5. The quantitative estimate of drug-likeness (QED) is 0.834. The Morgan fingerprint density at radius 3 is 2.80 bits per heavy atom. The van der Waals surface area contributed by atoms with Gasteiger partial charge >= 0.3 is 0 Å². The number of hydrogen-bond acceptors (Lipinski definition) is 1. The van der Waals surface area contributed by atoms with Crippen LogP contribution in [0.15, 0.2) is 18.2 Å². The van der Waals surface area contributed by atoms with Gasteiger partial charge in [-0.15, -0.1) is 0 Å². The predicted molar refractivity (Wildman–Crippen MR) is 60.7 cm³/mol. The molecule has 0 aliphatic heterocycles. The number of benzene rings is 1. The Morgan fingerprint density at radius 1 is 1.53 bits per heavy atom. The van der Waals surface area contributed by atoms with Crippen LogP contribution in [0.4, 0.5) is 4.39 Å². The molecule has 15 heavy (non-hydrogen) atoms. The predicted octanol–water partition coefficient (Wildman–Crippen LogP) is 3.02. The zero-order valence-corrected chi connectivity index (χ0v) is 9.52. The lowest BCUT2D eigenvalue weighted by atomic mass is 10.0. The summed E-state index contributed by atoms with van der Waals surface area (Å²) in [4.78, 5) is 0. The highest BCUT2D eigenvalue weighted by Gasteiger charge is 2.29. The van der Waals surface area contributed by atoms with Gasteiger partial charge in [-0.25, -0.2) is 4.39 Å². The molecule has 1 aliphatic rings. The van der Waals surface area contributed by atoms with Crippen LogP contribution in [0.5, 0.6) is 0 Å². The lowest BCUT2D eigenvalue weighted by Crippen LogP contribution is -2.29. The van der Waals surface area contributed by atoms with Gasteiger partial charge in [-0.3, -0.25) is 0 Å². The van der Waals surface area contributed by atoms with E-state index in [2.05, 4.69) is 5.32 Å². The summed E-state index contributed by atoms with van der Waals surface area (Å²) in [6, 6.07) is 5.55. The lowest BCUT2D eigenvalue weighted by Gasteiger charge is -2.15. The van der Waals surface area contributed by atoms with Gasteiger partial charge in [-0.2, -0.15) is 0 Å². The minimum atomic E-state index is -0.320. The lowest BCUT2D eigenvalue weighted by molar-refractivity contribution is 0.499. The van der Waals surface area contributed by atoms with Crippen LogP contribution in [0.1, 0.15) is 18.4 Å². The Balaban J connectivity index is 2.05. The minimum Gasteiger partial charge on any atom is -0.316 e. The van der Waals surface area contributed by atoms with Crippen LogP contribution in [0.2, 0.25) is 5.02 Å². The molecule has 2 rings (SSSR count). The van der Waals surface area contributed by atoms with Crippen molar-refractivity contribution < 1.29 is 4.39 Å². The fraction of sp³-hybridized carbons (Fsp3) is 0.500. The molecule has 0 bridgehead atoms. The number of halogens is 2. The fourth-order valence-corrected chi connectivity index (χ4v) is 2.04. The Morgan fingerprint density at radius 2 is 2.27 bits per heavy atom. The van der Waals surface area contributed by atoms with E-state index in [-0.39, 0.29) is 10.8 Å². The van der Waals surface area contributed by atoms with Gasteiger partial charge in [0.25, 0.3) is 0 Å². The third-order valence-electron chi connectivity index (χ3n) is 3.00. The Labute approximate surface area is 94.6 Å². The first-order chi connectivity index (χ1) is 7.20. The number of likely N-dealkylation sites (N-methyl/N-ethyl adjacent to an activating group) is 1. The summed E-state index contributed by atoms with van der Waals surface area (Å²) in [5.74, 6) is 0.452. The molecule has 0 aromatic heterocycles. The van der Waals surface area contributed by atoms with Crippen molar-refractivity contribution in [2.45, 2.75) is 25.3 Å². The van der Waals surface area contributed by atoms with Crippen LogP contribution < -0.4 is 5.32 Å². The second-order valence-electron chi connectivity index (χ2n) is 4.19. The largest absolute Gasteiger partial charge is 0.316 e. The van der Waals surface area contributed by atoms with Crippen molar-refractivity contribution in [2.75, 3.05) is 7.05 Å². The van der Waals surface area contributed by atoms with Crippen molar-refractivity contribution in [3.63, 3.8) is 0 Å². The summed E-state index contributed by atoms with van der Waals surface area (Å²) in [5, 5.41) is 3.49. The molecule has 0 saturated heterocycles. The van der Waals surface area contributed by atoms with Gasteiger partial charge in [0.1, 0.15) is 5.82 Å². The van der Waals surface area contributed by atoms with Crippen molar-refractivity contribution in [1.29, 1.82) is 0 Å². The smallest absolute Gasteiger partial charge is 0.142 e. The molecule has 1 fully saturated rings. The standard InChI is InChI=1S/C12H15ClFN/c1-15-12(9-3-4-9)7-8-2-5-10(13)11(14)6-8/h2,5-6,9,12,15H,3-4,7H2,1H3. The first-order valence-electron chi connectivity index (χ1n) is 5.32. The summed E-state index contributed by atoms with van der Waals surface area (Å²) >= 11 is 5.64. The van der Waals surface area contributed by atoms with Gasteiger partial charge in [0.2, 0.25) is 0 Å². The molecule has 1 nitrogen and oxygen atoms in total. The van der Waals surface area contributed by atoms with E-state index in [0.29, 0.717) is 6.04 Å². The van der Waals surface area contributed by atoms with Gasteiger partial charge in [0.05, 0.1) is 5.02 Å². The molecule has 82 valence electrons. The molecule has 1 atom stereocenters. The van der Waals surface area contributed by atoms with E-state index in [9.17, 15) is 4.39 Å². The van der Waals surface area contributed by atoms with Crippen LogP contribution in [0, 0.1) is 11.7 Å². The van der Waals surface area contributed by atoms with E-state index < -0.39 is 0 Å². The van der Waals surface area contributed by atoms with E-state index >= 15 is 0 Å². The third-order valence-corrected chi connectivity index (χ3v) is 3.31. The van der Waals surface area contributed by atoms with Crippen molar-refractivity contribution in [2.24, 2.45) is 5.92 Å². The molecule has 1 aromatic rings. The maximum absolute atomic E-state index is 13.2. The molecule has 3 heteroatoms. The Bertz CT molecular complexity index is 349. The van der Waals surface area contributed by atoms with Crippen LogP contribution in [0.3, 0.4) is 0 Å². The van der Waals surface area contributed by atoms with Gasteiger partial charge in [0.15, 0.2) is 0 Å². The average molecular weight is 228 g/mol. The van der Waals surface area contributed by atoms with Crippen LogP contribution >= 0.6 is 11.6 Å². The van der Waals surface area contributed by atoms with E-state index in [1.807, 2.05) is 13.1 Å². The van der Waals surface area contributed by atoms with E-state index in [0.717, 1.165) is 17.9 Å². The van der Waals surface area contributed by atoms with Crippen LogP contribution in [-0.4, -0.2) is 13.1 Å². The summed E-state index contributed by atoms with van der Waals surface area (Å²) < 4.78 is 13.2. The minimum absolute atomic E-state index is 0.200.